The molecule has 66 valence electrons. The van der Waals surface area contributed by atoms with Gasteiger partial charge in [-0.05, 0) is 19.8 Å². The summed E-state index contributed by atoms with van der Waals surface area (Å²) in [6.07, 6.45) is 0.975. The molecule has 0 bridgehead atoms. The molecule has 0 aliphatic carbocycles. The summed E-state index contributed by atoms with van der Waals surface area (Å²) >= 11 is 0. The van der Waals surface area contributed by atoms with E-state index in [1.165, 1.54) is 0 Å². The molecule has 2 unspecified atom stereocenters. The average molecular weight is 158 g/mol. The molecule has 0 amide bonds. The molecule has 2 nitrogen and oxygen atoms in total. The predicted octanol–water partition coefficient (Wildman–Crippen LogP) is 1.33. The first-order chi connectivity index (χ1) is 5.09. The van der Waals surface area contributed by atoms with E-state index >= 15 is 0 Å². The number of hydrogen-bond acceptors (Lipinski definition) is 2. The molecule has 0 aliphatic heterocycles. The second-order valence-electron chi connectivity index (χ2n) is 3.07. The van der Waals surface area contributed by atoms with Crippen molar-refractivity contribution in [3.05, 3.63) is 12.2 Å². The Bertz CT molecular complexity index is 121. The van der Waals surface area contributed by atoms with Gasteiger partial charge in [0.25, 0.3) is 0 Å². The minimum absolute atomic E-state index is 0.140. The maximum absolute atomic E-state index is 9.45. The predicted molar refractivity (Wildman–Crippen MR) is 46.3 cm³/mol. The molecule has 0 radical (unpaired) electrons. The fraction of sp³-hybridized carbons (Fsp3) is 0.778. The second-order valence-corrected chi connectivity index (χ2v) is 3.07. The van der Waals surface area contributed by atoms with E-state index in [2.05, 4.69) is 6.58 Å². The fourth-order valence-electron chi connectivity index (χ4n) is 0.879. The Hall–Kier alpha value is -0.340. The Morgan fingerprint density at radius 2 is 2.09 bits per heavy atom. The van der Waals surface area contributed by atoms with Gasteiger partial charge in [0.05, 0.1) is 6.10 Å². The molecule has 0 aromatic heterocycles. The summed E-state index contributed by atoms with van der Waals surface area (Å²) in [5.74, 6) is 0.140. The zero-order valence-electron chi connectivity index (χ0n) is 7.38. The van der Waals surface area contributed by atoms with Crippen LogP contribution in [0.5, 0.6) is 0 Å². The molecular weight excluding hydrogens is 140 g/mol. The summed E-state index contributed by atoms with van der Waals surface area (Å²) in [7, 11) is 0. The molecular formula is C9H18O2. The lowest BCUT2D eigenvalue weighted by Crippen LogP contribution is -2.18. The van der Waals surface area contributed by atoms with Gasteiger partial charge in [-0.2, -0.15) is 0 Å². The zero-order valence-corrected chi connectivity index (χ0v) is 7.38. The van der Waals surface area contributed by atoms with Crippen LogP contribution in [0.1, 0.15) is 26.7 Å². The van der Waals surface area contributed by atoms with Crippen LogP contribution in [0.25, 0.3) is 0 Å². The zero-order chi connectivity index (χ0) is 8.85. The third kappa shape index (κ3) is 4.17. The van der Waals surface area contributed by atoms with Crippen LogP contribution in [0.3, 0.4) is 0 Å². The van der Waals surface area contributed by atoms with E-state index in [0.29, 0.717) is 12.8 Å². The first kappa shape index (κ1) is 10.7. The molecule has 2 heteroatoms. The molecule has 0 saturated carbocycles. The first-order valence-corrected chi connectivity index (χ1v) is 4.04. The van der Waals surface area contributed by atoms with E-state index < -0.39 is 0 Å². The standard InChI is InChI=1S/C9H18O2/c1-7(2)8(3)9(11)5-4-6-10/h8-11H,1,4-6H2,2-3H3. The summed E-state index contributed by atoms with van der Waals surface area (Å²) in [5.41, 5.74) is 0.996. The molecule has 0 rings (SSSR count). The fourth-order valence-corrected chi connectivity index (χ4v) is 0.879. The Morgan fingerprint density at radius 3 is 2.45 bits per heavy atom. The SMILES string of the molecule is C=C(C)C(C)C(O)CCCO. The van der Waals surface area contributed by atoms with Gasteiger partial charge in [-0.3, -0.25) is 0 Å². The van der Waals surface area contributed by atoms with Crippen molar-refractivity contribution in [2.75, 3.05) is 6.61 Å². The minimum atomic E-state index is -0.348. The normalized spacial score (nSPS) is 16.0. The molecule has 0 aromatic carbocycles. The van der Waals surface area contributed by atoms with Crippen LogP contribution in [-0.4, -0.2) is 22.9 Å². The molecule has 0 fully saturated rings. The van der Waals surface area contributed by atoms with Gasteiger partial charge in [-0.15, -0.1) is 0 Å². The van der Waals surface area contributed by atoms with E-state index in [0.717, 1.165) is 5.57 Å². The van der Waals surface area contributed by atoms with Crippen LogP contribution in [0.4, 0.5) is 0 Å². The molecule has 2 atom stereocenters. The number of hydrogen-bond donors (Lipinski definition) is 2. The van der Waals surface area contributed by atoms with Crippen LogP contribution in [0, 0.1) is 5.92 Å². The van der Waals surface area contributed by atoms with Gasteiger partial charge >= 0.3 is 0 Å². The van der Waals surface area contributed by atoms with Crippen molar-refractivity contribution in [3.8, 4) is 0 Å². The van der Waals surface area contributed by atoms with Gasteiger partial charge in [0.1, 0.15) is 0 Å². The molecule has 11 heavy (non-hydrogen) atoms. The highest BCUT2D eigenvalue weighted by Crippen LogP contribution is 2.15. The largest absolute Gasteiger partial charge is 0.396 e. The summed E-state index contributed by atoms with van der Waals surface area (Å²) in [4.78, 5) is 0. The maximum Gasteiger partial charge on any atom is 0.0603 e. The highest BCUT2D eigenvalue weighted by atomic mass is 16.3. The van der Waals surface area contributed by atoms with Crippen LogP contribution >= 0.6 is 0 Å². The van der Waals surface area contributed by atoms with Crippen LogP contribution in [-0.2, 0) is 0 Å². The summed E-state index contributed by atoms with van der Waals surface area (Å²) in [5, 5.41) is 17.9. The van der Waals surface area contributed by atoms with Crippen LogP contribution in [0.2, 0.25) is 0 Å². The van der Waals surface area contributed by atoms with Gasteiger partial charge in [0, 0.05) is 12.5 Å². The van der Waals surface area contributed by atoms with Crippen molar-refractivity contribution < 1.29 is 10.2 Å². The highest BCUT2D eigenvalue weighted by Gasteiger charge is 2.13. The summed E-state index contributed by atoms with van der Waals surface area (Å²) in [6, 6.07) is 0. The lowest BCUT2D eigenvalue weighted by molar-refractivity contribution is 0.113. The van der Waals surface area contributed by atoms with Crippen molar-refractivity contribution in [1.29, 1.82) is 0 Å². The summed E-state index contributed by atoms with van der Waals surface area (Å²) < 4.78 is 0. The van der Waals surface area contributed by atoms with Gasteiger partial charge in [-0.1, -0.05) is 19.1 Å². The quantitative estimate of drug-likeness (QED) is 0.593. The van der Waals surface area contributed by atoms with Gasteiger partial charge in [-0.25, -0.2) is 0 Å². The van der Waals surface area contributed by atoms with Gasteiger partial charge in [0.2, 0.25) is 0 Å². The molecule has 0 saturated heterocycles. The van der Waals surface area contributed by atoms with Crippen molar-refractivity contribution in [1.82, 2.24) is 0 Å². The van der Waals surface area contributed by atoms with Crippen molar-refractivity contribution in [2.45, 2.75) is 32.8 Å². The van der Waals surface area contributed by atoms with E-state index in [4.69, 9.17) is 5.11 Å². The summed E-state index contributed by atoms with van der Waals surface area (Å²) in [6.45, 7) is 7.77. The first-order valence-electron chi connectivity index (χ1n) is 4.04. The average Bonchev–Trinajstić information content (AvgIpc) is 1.98. The number of rotatable bonds is 5. The van der Waals surface area contributed by atoms with Crippen molar-refractivity contribution >= 4 is 0 Å². The Balaban J connectivity index is 3.63. The topological polar surface area (TPSA) is 40.5 Å². The van der Waals surface area contributed by atoms with E-state index in [1.807, 2.05) is 13.8 Å². The lowest BCUT2D eigenvalue weighted by Gasteiger charge is -2.18. The lowest BCUT2D eigenvalue weighted by atomic mass is 9.95. The third-order valence-electron chi connectivity index (χ3n) is 2.01. The molecule has 0 aromatic rings. The Labute approximate surface area is 68.6 Å². The maximum atomic E-state index is 9.45. The van der Waals surface area contributed by atoms with Gasteiger partial charge in [0.15, 0.2) is 0 Å². The molecule has 0 aliphatic rings. The van der Waals surface area contributed by atoms with Crippen molar-refractivity contribution in [2.24, 2.45) is 5.92 Å². The van der Waals surface area contributed by atoms with E-state index in [1.54, 1.807) is 0 Å². The smallest absolute Gasteiger partial charge is 0.0603 e. The number of aliphatic hydroxyl groups excluding tert-OH is 2. The minimum Gasteiger partial charge on any atom is -0.396 e. The number of aliphatic hydroxyl groups is 2. The van der Waals surface area contributed by atoms with Crippen molar-refractivity contribution in [3.63, 3.8) is 0 Å². The van der Waals surface area contributed by atoms with E-state index in [-0.39, 0.29) is 18.6 Å². The molecule has 2 N–H and O–H groups in total. The Kier molecular flexibility index (Phi) is 5.16. The Morgan fingerprint density at radius 1 is 1.55 bits per heavy atom. The van der Waals surface area contributed by atoms with Gasteiger partial charge < -0.3 is 10.2 Å². The third-order valence-corrected chi connectivity index (χ3v) is 2.01. The highest BCUT2D eigenvalue weighted by molar-refractivity contribution is 4.96. The molecule has 0 heterocycles. The second kappa shape index (κ2) is 5.33. The van der Waals surface area contributed by atoms with E-state index in [9.17, 15) is 5.11 Å². The van der Waals surface area contributed by atoms with Crippen LogP contribution < -0.4 is 0 Å². The monoisotopic (exact) mass is 158 g/mol. The molecule has 0 spiro atoms. The van der Waals surface area contributed by atoms with Crippen LogP contribution in [0.15, 0.2) is 12.2 Å².